The van der Waals surface area contributed by atoms with E-state index in [0.717, 1.165) is 18.3 Å². The Morgan fingerprint density at radius 3 is 2.24 bits per heavy atom. The van der Waals surface area contributed by atoms with Crippen LogP contribution in [0, 0.1) is 11.6 Å². The van der Waals surface area contributed by atoms with E-state index in [1.807, 2.05) is 0 Å². The van der Waals surface area contributed by atoms with Crippen molar-refractivity contribution in [1.29, 1.82) is 0 Å². The van der Waals surface area contributed by atoms with Gasteiger partial charge in [-0.1, -0.05) is 6.07 Å². The second-order valence-electron chi connectivity index (χ2n) is 9.94. The minimum absolute atomic E-state index is 0.0714. The van der Waals surface area contributed by atoms with E-state index < -0.39 is 46.8 Å². The van der Waals surface area contributed by atoms with Crippen molar-refractivity contribution in [3.8, 4) is 0 Å². The third kappa shape index (κ3) is 3.87. The Balaban J connectivity index is 1.88. The number of alkyl halides is 3. The number of hydrogen-bond donors (Lipinski definition) is 1. The minimum Gasteiger partial charge on any atom is -0.465 e. The lowest BCUT2D eigenvalue weighted by Gasteiger charge is -2.39. The number of rotatable bonds is 3. The highest BCUT2D eigenvalue weighted by Gasteiger charge is 2.66. The lowest BCUT2D eigenvalue weighted by molar-refractivity contribution is -0.162. The first-order valence-corrected chi connectivity index (χ1v) is 10.9. The second-order valence-corrected chi connectivity index (χ2v) is 9.94. The normalized spacial score (nSPS) is 22.4. The summed E-state index contributed by atoms with van der Waals surface area (Å²) < 4.78 is 72.6. The van der Waals surface area contributed by atoms with Gasteiger partial charge in [0.15, 0.2) is 0 Å². The predicted octanol–water partition coefficient (Wildman–Crippen LogP) is 6.15. The monoisotopic (exact) mass is 471 g/mol. The summed E-state index contributed by atoms with van der Waals surface area (Å²) in [6.07, 6.45) is -4.45. The maximum absolute atomic E-state index is 14.6. The van der Waals surface area contributed by atoms with E-state index in [-0.39, 0.29) is 49.3 Å². The number of carbonyl (C=O) groups is 1. The number of amides is 1. The van der Waals surface area contributed by atoms with Crippen LogP contribution in [0.25, 0.3) is 0 Å². The molecule has 1 fully saturated rings. The number of hydrogen-bond acceptors (Lipinski definition) is 2. The van der Waals surface area contributed by atoms with Crippen molar-refractivity contribution in [2.24, 2.45) is 0 Å². The summed E-state index contributed by atoms with van der Waals surface area (Å²) in [4.78, 5) is 17.6. The Labute approximate surface area is 188 Å². The van der Waals surface area contributed by atoms with Crippen molar-refractivity contribution in [2.45, 2.75) is 82.1 Å². The fourth-order valence-electron chi connectivity index (χ4n) is 5.11. The molecule has 1 saturated carbocycles. The Bertz CT molecular complexity index is 1050. The summed E-state index contributed by atoms with van der Waals surface area (Å²) in [6, 6.07) is 2.61. The number of imidazole rings is 1. The Kier molecular flexibility index (Phi) is 5.48. The molecular formula is C23H26F5N3O2. The van der Waals surface area contributed by atoms with Gasteiger partial charge in [-0.05, 0) is 58.6 Å². The topological polar surface area (TPSA) is 58.4 Å². The third-order valence-corrected chi connectivity index (χ3v) is 6.81. The molecule has 1 aromatic heterocycles. The Hall–Kier alpha value is -2.65. The highest BCUT2D eigenvalue weighted by molar-refractivity contribution is 5.66. The zero-order chi connectivity index (χ0) is 24.3. The highest BCUT2D eigenvalue weighted by Crippen LogP contribution is 2.59. The Morgan fingerprint density at radius 2 is 1.76 bits per heavy atom. The molecule has 33 heavy (non-hydrogen) atoms. The van der Waals surface area contributed by atoms with Crippen LogP contribution in [0.3, 0.4) is 0 Å². The SMILES string of the molecule is CC(C)(C)N(C(=O)O)[C@@H]1CC[C@@H](c2c(F)cccc2F)Cn2c(C3(C(F)(F)F)CC3)cnc21. The van der Waals surface area contributed by atoms with Crippen LogP contribution in [0.15, 0.2) is 24.4 Å². The van der Waals surface area contributed by atoms with Crippen LogP contribution in [0.2, 0.25) is 0 Å². The molecule has 2 atom stereocenters. The van der Waals surface area contributed by atoms with E-state index in [0.29, 0.717) is 0 Å². The number of carboxylic acid groups (broad SMARTS) is 1. The van der Waals surface area contributed by atoms with Gasteiger partial charge < -0.3 is 9.67 Å². The van der Waals surface area contributed by atoms with Gasteiger partial charge in [-0.15, -0.1) is 0 Å². The van der Waals surface area contributed by atoms with E-state index in [2.05, 4.69) is 4.98 Å². The number of fused-ring (bicyclic) bond motifs is 1. The average molecular weight is 471 g/mol. The van der Waals surface area contributed by atoms with Gasteiger partial charge in [0.25, 0.3) is 0 Å². The number of benzene rings is 1. The van der Waals surface area contributed by atoms with E-state index in [1.165, 1.54) is 15.5 Å². The largest absolute Gasteiger partial charge is 0.465 e. The molecule has 1 aromatic carbocycles. The molecule has 10 heteroatoms. The summed E-state index contributed by atoms with van der Waals surface area (Å²) >= 11 is 0. The molecule has 0 radical (unpaired) electrons. The smallest absolute Gasteiger partial charge is 0.408 e. The number of halogens is 5. The van der Waals surface area contributed by atoms with Gasteiger partial charge >= 0.3 is 12.3 Å². The summed E-state index contributed by atoms with van der Waals surface area (Å²) in [5, 5.41) is 9.95. The summed E-state index contributed by atoms with van der Waals surface area (Å²) in [6.45, 7) is 4.94. The molecule has 180 valence electrons. The van der Waals surface area contributed by atoms with E-state index in [9.17, 15) is 31.9 Å². The van der Waals surface area contributed by atoms with Gasteiger partial charge in [0.2, 0.25) is 0 Å². The lowest BCUT2D eigenvalue weighted by Crippen LogP contribution is -2.47. The van der Waals surface area contributed by atoms with Crippen molar-refractivity contribution >= 4 is 6.09 Å². The first-order valence-electron chi connectivity index (χ1n) is 10.9. The summed E-state index contributed by atoms with van der Waals surface area (Å²) in [5.41, 5.74) is -3.21. The first kappa shape index (κ1) is 23.5. The zero-order valence-electron chi connectivity index (χ0n) is 18.6. The molecule has 1 aliphatic heterocycles. The van der Waals surface area contributed by atoms with Crippen LogP contribution >= 0.6 is 0 Å². The molecule has 0 unspecified atom stereocenters. The van der Waals surface area contributed by atoms with Crippen LogP contribution in [0.1, 0.15) is 75.5 Å². The number of aromatic nitrogens is 2. The molecule has 4 rings (SSSR count). The van der Waals surface area contributed by atoms with Gasteiger partial charge in [0, 0.05) is 29.8 Å². The van der Waals surface area contributed by atoms with E-state index in [4.69, 9.17) is 0 Å². The fourth-order valence-corrected chi connectivity index (χ4v) is 5.11. The molecule has 2 aliphatic rings. The highest BCUT2D eigenvalue weighted by atomic mass is 19.4. The zero-order valence-corrected chi connectivity index (χ0v) is 18.6. The maximum Gasteiger partial charge on any atom is 0.408 e. The van der Waals surface area contributed by atoms with Gasteiger partial charge in [0.05, 0.1) is 11.7 Å². The van der Waals surface area contributed by atoms with Gasteiger partial charge in [-0.25, -0.2) is 18.6 Å². The van der Waals surface area contributed by atoms with Crippen molar-refractivity contribution in [1.82, 2.24) is 14.5 Å². The van der Waals surface area contributed by atoms with E-state index >= 15 is 0 Å². The lowest BCUT2D eigenvalue weighted by atomic mass is 9.91. The predicted molar refractivity (Wildman–Crippen MR) is 110 cm³/mol. The van der Waals surface area contributed by atoms with Crippen molar-refractivity contribution in [3.05, 3.63) is 53.1 Å². The molecule has 5 nitrogen and oxygen atoms in total. The molecule has 0 saturated heterocycles. The molecule has 0 bridgehead atoms. The van der Waals surface area contributed by atoms with E-state index in [1.54, 1.807) is 20.8 Å². The van der Waals surface area contributed by atoms with Crippen molar-refractivity contribution in [2.75, 3.05) is 0 Å². The van der Waals surface area contributed by atoms with Gasteiger partial charge in [-0.2, -0.15) is 13.2 Å². The average Bonchev–Trinajstić information content (AvgIpc) is 3.41. The Morgan fingerprint density at radius 1 is 1.15 bits per heavy atom. The summed E-state index contributed by atoms with van der Waals surface area (Å²) in [5.74, 6) is -2.14. The van der Waals surface area contributed by atoms with Gasteiger partial charge in [0.1, 0.15) is 22.9 Å². The fraction of sp³-hybridized carbons (Fsp3) is 0.565. The van der Waals surface area contributed by atoms with Crippen molar-refractivity contribution in [3.63, 3.8) is 0 Å². The molecule has 0 spiro atoms. The molecule has 1 amide bonds. The van der Waals surface area contributed by atoms with Crippen LogP contribution in [-0.2, 0) is 12.0 Å². The standard InChI is InChI=1S/C23H26F5N3O2/c1-21(2,3)31(20(32)33)16-8-7-13(18-14(24)5-4-6-15(18)25)12-30-17(11-29-19(16)30)22(9-10-22)23(26,27)28/h4-6,11,13,16H,7-10,12H2,1-3H3,(H,32,33)/t13-,16-/m1/s1. The maximum atomic E-state index is 14.6. The van der Waals surface area contributed by atoms with Crippen LogP contribution in [-0.4, -0.2) is 37.4 Å². The molecular weight excluding hydrogens is 445 g/mol. The van der Waals surface area contributed by atoms with Crippen LogP contribution in [0.5, 0.6) is 0 Å². The van der Waals surface area contributed by atoms with Crippen LogP contribution < -0.4 is 0 Å². The molecule has 2 heterocycles. The molecule has 1 aliphatic carbocycles. The molecule has 2 aromatic rings. The minimum atomic E-state index is -4.51. The quantitative estimate of drug-likeness (QED) is 0.546. The summed E-state index contributed by atoms with van der Waals surface area (Å²) in [7, 11) is 0. The van der Waals surface area contributed by atoms with Gasteiger partial charge in [-0.3, -0.25) is 4.90 Å². The van der Waals surface area contributed by atoms with Crippen molar-refractivity contribution < 1.29 is 31.9 Å². The molecule has 1 N–H and O–H groups in total. The van der Waals surface area contributed by atoms with Crippen LogP contribution in [0.4, 0.5) is 26.7 Å². The third-order valence-electron chi connectivity index (χ3n) is 6.81. The second kappa shape index (κ2) is 7.70. The first-order chi connectivity index (χ1) is 15.3. The number of nitrogens with zero attached hydrogens (tertiary/aromatic N) is 3.